The molecule has 136 valence electrons. The zero-order valence-corrected chi connectivity index (χ0v) is 20.3. The smallest absolute Gasteiger partial charge is 1.00 e. The summed E-state index contributed by atoms with van der Waals surface area (Å²) in [6.07, 6.45) is 3.64. The molecule has 0 N–H and O–H groups in total. The van der Waals surface area contributed by atoms with Crippen LogP contribution in [0.3, 0.4) is 0 Å². The number of allylic oxidation sites excluding steroid dienone is 4. The Kier molecular flexibility index (Phi) is 12.4. The third-order valence-electron chi connectivity index (χ3n) is 5.07. The first-order chi connectivity index (χ1) is 10.5. The molecule has 2 aromatic rings. The van der Waals surface area contributed by atoms with Gasteiger partial charge in [-0.05, 0) is 0 Å². The largest absolute Gasteiger partial charge is 4.00 e. The van der Waals surface area contributed by atoms with Gasteiger partial charge in [0.15, 0.2) is 0 Å². The van der Waals surface area contributed by atoms with E-state index in [-0.39, 0.29) is 58.9 Å². The fourth-order valence-corrected chi connectivity index (χ4v) is 8.41. The van der Waals surface area contributed by atoms with Gasteiger partial charge in [0.2, 0.25) is 0 Å². The van der Waals surface area contributed by atoms with E-state index in [4.69, 9.17) is 0 Å². The molecule has 0 fully saturated rings. The Balaban J connectivity index is 0. The molecule has 0 heterocycles. The fraction of sp³-hybridized carbons (Fsp3) is 0.238. The Morgan fingerprint density at radius 3 is 1.46 bits per heavy atom. The van der Waals surface area contributed by atoms with Crippen molar-refractivity contribution in [1.29, 1.82) is 0 Å². The van der Waals surface area contributed by atoms with Gasteiger partial charge < -0.3 is 37.2 Å². The Hall–Kier alpha value is -0.279. The Labute approximate surface area is 192 Å². The standard InChI is InChI=1S/C21H23Si.3ClH.Ti/c1-16-15-17(2)21(18(16)3)22(4,19-11-7-5-8-12-19)20-13-9-6-10-14-20;;;;/h5-14,17H,1-4H3;3*1H;/q-1;;;;+4/p-3. The summed E-state index contributed by atoms with van der Waals surface area (Å²) in [6, 6.07) is 22.1. The molecular weight excluding hydrogens is 435 g/mol. The first-order valence-electron chi connectivity index (χ1n) is 7.98. The predicted molar refractivity (Wildman–Crippen MR) is 98.1 cm³/mol. The summed E-state index contributed by atoms with van der Waals surface area (Å²) in [6.45, 7) is 9.27. The molecule has 0 nitrogen and oxygen atoms in total. The maximum atomic E-state index is 3.64. The van der Waals surface area contributed by atoms with Crippen LogP contribution in [0.15, 0.2) is 77.0 Å². The summed E-state index contributed by atoms with van der Waals surface area (Å²) in [7, 11) is -1.94. The van der Waals surface area contributed by atoms with Crippen molar-refractivity contribution in [3.63, 3.8) is 0 Å². The minimum Gasteiger partial charge on any atom is -1.00 e. The molecule has 2 aromatic carbocycles. The van der Waals surface area contributed by atoms with Crippen LogP contribution in [0.5, 0.6) is 0 Å². The molecular formula is C21H23Cl3SiTi. The molecule has 5 heteroatoms. The van der Waals surface area contributed by atoms with E-state index < -0.39 is 8.07 Å². The van der Waals surface area contributed by atoms with E-state index in [1.165, 1.54) is 21.5 Å². The number of halogens is 3. The Bertz CT molecular complexity index is 703. The quantitative estimate of drug-likeness (QED) is 0.320. The Morgan fingerprint density at radius 1 is 0.769 bits per heavy atom. The molecule has 26 heavy (non-hydrogen) atoms. The van der Waals surface area contributed by atoms with Gasteiger partial charge in [0, 0.05) is 0 Å². The van der Waals surface area contributed by atoms with Crippen LogP contribution in [0.4, 0.5) is 0 Å². The number of hydrogen-bond acceptors (Lipinski definition) is 0. The SMILES string of the molecule is CC1=[C-]C(C)C([Si](C)(c2ccccc2)c2ccccc2)=C1C.[Cl-].[Cl-].[Cl-].[Ti+4]. The second-order valence-corrected chi connectivity index (χ2v) is 10.3. The maximum Gasteiger partial charge on any atom is 4.00 e. The number of benzene rings is 2. The normalized spacial score (nSPS) is 15.7. The molecule has 0 radical (unpaired) electrons. The van der Waals surface area contributed by atoms with Gasteiger partial charge in [-0.15, -0.1) is 6.92 Å². The topological polar surface area (TPSA) is 0 Å². The molecule has 1 aliphatic rings. The molecule has 0 spiro atoms. The van der Waals surface area contributed by atoms with E-state index in [1.54, 1.807) is 5.20 Å². The van der Waals surface area contributed by atoms with Crippen LogP contribution < -0.4 is 47.6 Å². The summed E-state index contributed by atoms with van der Waals surface area (Å²) in [5.74, 6) is 0.414. The van der Waals surface area contributed by atoms with Gasteiger partial charge in [0.1, 0.15) is 8.07 Å². The van der Waals surface area contributed by atoms with E-state index in [9.17, 15) is 0 Å². The van der Waals surface area contributed by atoms with Crippen molar-refractivity contribution in [3.8, 4) is 0 Å². The summed E-state index contributed by atoms with van der Waals surface area (Å²) in [4.78, 5) is 0. The monoisotopic (exact) mass is 456 g/mol. The molecule has 0 aliphatic heterocycles. The van der Waals surface area contributed by atoms with Crippen molar-refractivity contribution in [2.45, 2.75) is 27.3 Å². The maximum absolute atomic E-state index is 3.64. The van der Waals surface area contributed by atoms with Crippen molar-refractivity contribution in [2.75, 3.05) is 0 Å². The molecule has 3 rings (SSSR count). The summed E-state index contributed by atoms with van der Waals surface area (Å²) >= 11 is 0. The number of hydrogen-bond donors (Lipinski definition) is 0. The minimum atomic E-state index is -1.94. The third-order valence-corrected chi connectivity index (χ3v) is 9.93. The average molecular weight is 458 g/mol. The van der Waals surface area contributed by atoms with E-state index in [2.05, 4.69) is 94.1 Å². The molecule has 0 aromatic heterocycles. The van der Waals surface area contributed by atoms with E-state index >= 15 is 0 Å². The molecule has 1 unspecified atom stereocenters. The first-order valence-corrected chi connectivity index (χ1v) is 10.5. The molecule has 1 aliphatic carbocycles. The van der Waals surface area contributed by atoms with Gasteiger partial charge in [-0.1, -0.05) is 97.3 Å². The van der Waals surface area contributed by atoms with Gasteiger partial charge in [-0.3, -0.25) is 6.08 Å². The van der Waals surface area contributed by atoms with E-state index in [0.29, 0.717) is 5.92 Å². The van der Waals surface area contributed by atoms with Gasteiger partial charge in [-0.25, -0.2) is 11.1 Å². The minimum absolute atomic E-state index is 0. The van der Waals surface area contributed by atoms with Crippen LogP contribution >= 0.6 is 0 Å². The molecule has 1 atom stereocenters. The van der Waals surface area contributed by atoms with Gasteiger partial charge in [0.25, 0.3) is 0 Å². The fourth-order valence-electron chi connectivity index (χ4n) is 3.86. The van der Waals surface area contributed by atoms with Crippen molar-refractivity contribution in [3.05, 3.63) is 83.1 Å². The first kappa shape index (κ1) is 27.9. The van der Waals surface area contributed by atoms with Crippen LogP contribution in [0.1, 0.15) is 20.8 Å². The molecule has 0 saturated carbocycles. The van der Waals surface area contributed by atoms with Crippen LogP contribution in [-0.2, 0) is 21.7 Å². The van der Waals surface area contributed by atoms with Gasteiger partial charge >= 0.3 is 21.7 Å². The Morgan fingerprint density at radius 2 is 1.15 bits per heavy atom. The number of rotatable bonds is 3. The van der Waals surface area contributed by atoms with Gasteiger partial charge in [0.05, 0.1) is 0 Å². The van der Waals surface area contributed by atoms with E-state index in [1.807, 2.05) is 0 Å². The van der Waals surface area contributed by atoms with Crippen LogP contribution in [0.2, 0.25) is 6.55 Å². The zero-order chi connectivity index (χ0) is 15.7. The van der Waals surface area contributed by atoms with Crippen molar-refractivity contribution >= 4 is 18.4 Å². The van der Waals surface area contributed by atoms with E-state index in [0.717, 1.165) is 0 Å². The second kappa shape index (κ2) is 11.5. The summed E-state index contributed by atoms with van der Waals surface area (Å²) in [5.41, 5.74) is 2.78. The molecule has 0 amide bonds. The van der Waals surface area contributed by atoms with Crippen molar-refractivity contribution < 1.29 is 58.9 Å². The van der Waals surface area contributed by atoms with Gasteiger partial charge in [-0.2, -0.15) is 5.20 Å². The van der Waals surface area contributed by atoms with Crippen LogP contribution in [-0.4, -0.2) is 8.07 Å². The summed E-state index contributed by atoms with van der Waals surface area (Å²) in [5, 5.41) is 4.58. The predicted octanol–water partition coefficient (Wildman–Crippen LogP) is -4.86. The molecule has 0 saturated heterocycles. The molecule has 0 bridgehead atoms. The van der Waals surface area contributed by atoms with Crippen molar-refractivity contribution in [1.82, 2.24) is 0 Å². The summed E-state index contributed by atoms with van der Waals surface area (Å²) < 4.78 is 0. The van der Waals surface area contributed by atoms with Crippen LogP contribution in [0, 0.1) is 12.0 Å². The third kappa shape index (κ3) is 4.95. The zero-order valence-electron chi connectivity index (χ0n) is 15.5. The average Bonchev–Trinajstić information content (AvgIpc) is 2.81. The second-order valence-electron chi connectivity index (χ2n) is 6.39. The van der Waals surface area contributed by atoms with Crippen LogP contribution in [0.25, 0.3) is 0 Å². The van der Waals surface area contributed by atoms with Crippen molar-refractivity contribution in [2.24, 2.45) is 5.92 Å².